The van der Waals surface area contributed by atoms with Gasteiger partial charge in [-0.2, -0.15) is 0 Å². The van der Waals surface area contributed by atoms with Crippen molar-refractivity contribution < 1.29 is 17.9 Å². The van der Waals surface area contributed by atoms with Gasteiger partial charge < -0.3 is 10.1 Å². The van der Waals surface area contributed by atoms with Crippen LogP contribution in [0.2, 0.25) is 5.02 Å². The first-order chi connectivity index (χ1) is 14.7. The van der Waals surface area contributed by atoms with Crippen LogP contribution in [0.3, 0.4) is 0 Å². The maximum absolute atomic E-state index is 13.2. The van der Waals surface area contributed by atoms with E-state index in [0.717, 1.165) is 35.4 Å². The fraction of sp³-hybridized carbons (Fsp3) is 0.435. The van der Waals surface area contributed by atoms with Crippen LogP contribution < -0.4 is 14.4 Å². The number of carbonyl (C=O) groups excluding carboxylic acids is 1. The van der Waals surface area contributed by atoms with Crippen LogP contribution in [0, 0.1) is 0 Å². The van der Waals surface area contributed by atoms with E-state index in [1.165, 1.54) is 24.3 Å². The highest BCUT2D eigenvalue weighted by atomic mass is 35.5. The van der Waals surface area contributed by atoms with Gasteiger partial charge in [-0.1, -0.05) is 36.7 Å². The number of methoxy groups -OCH3 is 1. The van der Waals surface area contributed by atoms with Gasteiger partial charge in [0.2, 0.25) is 15.9 Å². The molecule has 0 aromatic heterocycles. The minimum atomic E-state index is -3.80. The number of anilines is 1. The third kappa shape index (κ3) is 5.15. The van der Waals surface area contributed by atoms with E-state index in [0.29, 0.717) is 10.8 Å². The average Bonchev–Trinajstić information content (AvgIpc) is 3.18. The minimum absolute atomic E-state index is 0.240. The van der Waals surface area contributed by atoms with Crippen molar-refractivity contribution in [1.82, 2.24) is 5.32 Å². The monoisotopic (exact) mass is 464 g/mol. The van der Waals surface area contributed by atoms with E-state index in [1.807, 2.05) is 13.0 Å². The van der Waals surface area contributed by atoms with Crippen molar-refractivity contribution in [2.24, 2.45) is 0 Å². The Bertz CT molecular complexity index is 1070. The number of aryl methyl sites for hydroxylation is 2. The summed E-state index contributed by atoms with van der Waals surface area (Å²) in [5.74, 6) is -0.0457. The van der Waals surface area contributed by atoms with Crippen molar-refractivity contribution in [3.05, 3.63) is 58.1 Å². The molecule has 0 radical (unpaired) electrons. The number of rotatable bonds is 8. The molecule has 6 nitrogen and oxygen atoms in total. The van der Waals surface area contributed by atoms with Crippen molar-refractivity contribution in [3.8, 4) is 5.75 Å². The van der Waals surface area contributed by atoms with Crippen LogP contribution in [0.15, 0.2) is 36.4 Å². The predicted octanol–water partition coefficient (Wildman–Crippen LogP) is 4.26. The molecule has 0 spiro atoms. The third-order valence-electron chi connectivity index (χ3n) is 5.69. The smallest absolute Gasteiger partial charge is 0.244 e. The van der Waals surface area contributed by atoms with Gasteiger partial charge in [-0.15, -0.1) is 0 Å². The maximum atomic E-state index is 13.2. The fourth-order valence-electron chi connectivity index (χ4n) is 4.12. The molecule has 0 saturated carbocycles. The summed E-state index contributed by atoms with van der Waals surface area (Å²) in [6.45, 7) is 3.69. The zero-order valence-corrected chi connectivity index (χ0v) is 19.9. The van der Waals surface area contributed by atoms with E-state index in [-0.39, 0.29) is 24.1 Å². The first-order valence-electron chi connectivity index (χ1n) is 10.4. The van der Waals surface area contributed by atoms with Gasteiger partial charge in [0.1, 0.15) is 11.8 Å². The normalized spacial score (nSPS) is 15.1. The Morgan fingerprint density at radius 1 is 1.19 bits per heavy atom. The molecule has 1 N–H and O–H groups in total. The van der Waals surface area contributed by atoms with Crippen molar-refractivity contribution in [1.29, 1.82) is 0 Å². The maximum Gasteiger partial charge on any atom is 0.244 e. The van der Waals surface area contributed by atoms with E-state index >= 15 is 0 Å². The summed E-state index contributed by atoms with van der Waals surface area (Å²) in [5.41, 5.74) is 3.94. The molecule has 2 unspecified atom stereocenters. The molecule has 3 rings (SSSR count). The highest BCUT2D eigenvalue weighted by molar-refractivity contribution is 7.92. The molecule has 0 aliphatic heterocycles. The van der Waals surface area contributed by atoms with E-state index in [9.17, 15) is 13.2 Å². The molecule has 168 valence electrons. The highest BCUT2D eigenvalue weighted by Crippen LogP contribution is 2.35. The summed E-state index contributed by atoms with van der Waals surface area (Å²) in [6.07, 6.45) is 4.66. The quantitative estimate of drug-likeness (QED) is 0.633. The number of ether oxygens (including phenoxy) is 1. The lowest BCUT2D eigenvalue weighted by molar-refractivity contribution is -0.122. The lowest BCUT2D eigenvalue weighted by Crippen LogP contribution is -2.49. The molecule has 2 aromatic carbocycles. The lowest BCUT2D eigenvalue weighted by Gasteiger charge is -2.32. The molecule has 0 saturated heterocycles. The van der Waals surface area contributed by atoms with E-state index in [1.54, 1.807) is 19.1 Å². The molecule has 31 heavy (non-hydrogen) atoms. The van der Waals surface area contributed by atoms with Crippen molar-refractivity contribution in [2.45, 2.75) is 51.6 Å². The van der Waals surface area contributed by atoms with Crippen LogP contribution in [-0.4, -0.2) is 33.7 Å². The van der Waals surface area contributed by atoms with Gasteiger partial charge in [-0.05, 0) is 67.5 Å². The number of nitrogens with one attached hydrogen (secondary N) is 1. The molecular formula is C23H29ClN2O4S. The van der Waals surface area contributed by atoms with E-state index < -0.39 is 16.1 Å². The molecule has 1 aliphatic carbocycles. The Morgan fingerprint density at radius 3 is 2.55 bits per heavy atom. The van der Waals surface area contributed by atoms with Gasteiger partial charge in [-0.25, -0.2) is 8.42 Å². The molecule has 2 atom stereocenters. The minimum Gasteiger partial charge on any atom is -0.495 e. The predicted molar refractivity (Wildman–Crippen MR) is 124 cm³/mol. The number of fused-ring (bicyclic) bond motifs is 1. The molecule has 2 aromatic rings. The van der Waals surface area contributed by atoms with Gasteiger partial charge in [0, 0.05) is 5.02 Å². The molecule has 0 fully saturated rings. The van der Waals surface area contributed by atoms with Gasteiger partial charge in [0.05, 0.1) is 25.1 Å². The number of amides is 1. The number of nitrogens with zero attached hydrogens (tertiary/aromatic N) is 1. The van der Waals surface area contributed by atoms with Crippen molar-refractivity contribution in [2.75, 3.05) is 17.7 Å². The Balaban J connectivity index is 1.90. The zero-order valence-electron chi connectivity index (χ0n) is 18.3. The van der Waals surface area contributed by atoms with Crippen LogP contribution >= 0.6 is 11.6 Å². The zero-order chi connectivity index (χ0) is 22.8. The number of hydrogen-bond acceptors (Lipinski definition) is 4. The van der Waals surface area contributed by atoms with Crippen molar-refractivity contribution >= 4 is 33.2 Å². The van der Waals surface area contributed by atoms with E-state index in [2.05, 4.69) is 17.4 Å². The Morgan fingerprint density at radius 2 is 1.90 bits per heavy atom. The second-order valence-electron chi connectivity index (χ2n) is 7.91. The number of sulfonamides is 1. The Hall–Kier alpha value is -2.25. The molecule has 1 amide bonds. The largest absolute Gasteiger partial charge is 0.495 e. The summed E-state index contributed by atoms with van der Waals surface area (Å²) < 4.78 is 31.9. The van der Waals surface area contributed by atoms with Crippen molar-refractivity contribution in [3.63, 3.8) is 0 Å². The summed E-state index contributed by atoms with van der Waals surface area (Å²) in [6, 6.07) is 9.80. The number of halogens is 1. The SMILES string of the molecule is CCC(C(=O)NC(C)c1ccc2c(c1)CCC2)N(c1cc(Cl)ccc1OC)S(C)(=O)=O. The summed E-state index contributed by atoms with van der Waals surface area (Å²) in [5, 5.41) is 3.35. The first-order valence-corrected chi connectivity index (χ1v) is 12.6. The second-order valence-corrected chi connectivity index (χ2v) is 10.2. The van der Waals surface area contributed by atoms with Crippen LogP contribution in [-0.2, 0) is 27.7 Å². The standard InChI is InChI=1S/C23H29ClN2O4S/c1-5-20(26(31(4,28)29)21-14-19(24)11-12-22(21)30-3)23(27)25-15(2)17-10-9-16-7-6-8-18(16)13-17/h9-15,20H,5-8H2,1-4H3,(H,25,27). The second kappa shape index (κ2) is 9.49. The average molecular weight is 465 g/mol. The summed E-state index contributed by atoms with van der Waals surface area (Å²) >= 11 is 6.13. The Labute approximate surface area is 189 Å². The van der Waals surface area contributed by atoms with E-state index in [4.69, 9.17) is 16.3 Å². The number of carbonyl (C=O) groups is 1. The molecule has 0 bridgehead atoms. The van der Waals surface area contributed by atoms with Crippen LogP contribution in [0.5, 0.6) is 5.75 Å². The molecular weight excluding hydrogens is 436 g/mol. The van der Waals surface area contributed by atoms with Crippen LogP contribution in [0.4, 0.5) is 5.69 Å². The van der Waals surface area contributed by atoms with Crippen LogP contribution in [0.25, 0.3) is 0 Å². The van der Waals surface area contributed by atoms with Gasteiger partial charge in [0.25, 0.3) is 0 Å². The lowest BCUT2D eigenvalue weighted by atomic mass is 10.0. The molecule has 1 aliphatic rings. The topological polar surface area (TPSA) is 75.7 Å². The first kappa shape index (κ1) is 23.4. The van der Waals surface area contributed by atoms with Crippen LogP contribution in [0.1, 0.15) is 49.4 Å². The number of benzene rings is 2. The number of hydrogen-bond donors (Lipinski definition) is 1. The Kier molecular flexibility index (Phi) is 7.17. The van der Waals surface area contributed by atoms with Gasteiger partial charge in [-0.3, -0.25) is 9.10 Å². The summed E-state index contributed by atoms with van der Waals surface area (Å²) in [7, 11) is -2.35. The fourth-order valence-corrected chi connectivity index (χ4v) is 5.50. The molecule has 0 heterocycles. The summed E-state index contributed by atoms with van der Waals surface area (Å²) in [4.78, 5) is 13.2. The van der Waals surface area contributed by atoms with Gasteiger partial charge >= 0.3 is 0 Å². The third-order valence-corrected chi connectivity index (χ3v) is 7.09. The van der Waals surface area contributed by atoms with Gasteiger partial charge in [0.15, 0.2) is 0 Å². The molecule has 8 heteroatoms. The highest BCUT2D eigenvalue weighted by Gasteiger charge is 2.34.